The Morgan fingerprint density at radius 2 is 1.82 bits per heavy atom. The van der Waals surface area contributed by atoms with Crippen LogP contribution in [0.15, 0.2) is 59.6 Å². The van der Waals surface area contributed by atoms with Crippen LogP contribution in [0.3, 0.4) is 0 Å². The molecule has 2 aliphatic rings. The van der Waals surface area contributed by atoms with Crippen LogP contribution in [0.4, 0.5) is 18.0 Å². The number of amides is 3. The van der Waals surface area contributed by atoms with Crippen LogP contribution in [0.2, 0.25) is 0 Å². The Balaban J connectivity index is 1.18. The van der Waals surface area contributed by atoms with Gasteiger partial charge in [0, 0.05) is 43.4 Å². The topological polar surface area (TPSA) is 91.3 Å². The highest BCUT2D eigenvalue weighted by Crippen LogP contribution is 2.29. The molecule has 0 aliphatic carbocycles. The first kappa shape index (κ1) is 27.3. The van der Waals surface area contributed by atoms with Crippen LogP contribution in [-0.2, 0) is 22.3 Å². The molecule has 2 fully saturated rings. The average molecular weight is 531 g/mol. The van der Waals surface area contributed by atoms with Gasteiger partial charge in [0.05, 0.1) is 12.1 Å². The molecule has 8 nitrogen and oxygen atoms in total. The highest BCUT2D eigenvalue weighted by molar-refractivity contribution is 5.97. The van der Waals surface area contributed by atoms with Gasteiger partial charge in [-0.25, -0.2) is 9.79 Å². The van der Waals surface area contributed by atoms with Crippen LogP contribution in [0.1, 0.15) is 34.3 Å². The minimum Gasteiger partial charge on any atom is -0.445 e. The maximum Gasteiger partial charge on any atom is 0.416 e. The summed E-state index contributed by atoms with van der Waals surface area (Å²) < 4.78 is 43.9. The zero-order valence-electron chi connectivity index (χ0n) is 20.7. The van der Waals surface area contributed by atoms with E-state index in [9.17, 15) is 27.6 Å². The van der Waals surface area contributed by atoms with Crippen molar-refractivity contribution in [1.29, 1.82) is 0 Å². The van der Waals surface area contributed by atoms with E-state index in [4.69, 9.17) is 4.74 Å². The molecular weight excluding hydrogens is 501 g/mol. The van der Waals surface area contributed by atoms with Gasteiger partial charge in [0.25, 0.3) is 11.8 Å². The fraction of sp³-hybridized carbons (Fsp3) is 0.407. The van der Waals surface area contributed by atoms with E-state index in [2.05, 4.69) is 15.2 Å². The third-order valence-electron chi connectivity index (χ3n) is 6.68. The first-order valence-electron chi connectivity index (χ1n) is 12.4. The Morgan fingerprint density at radius 1 is 1.03 bits per heavy atom. The second kappa shape index (κ2) is 12.2. The summed E-state index contributed by atoms with van der Waals surface area (Å²) in [6.07, 6.45) is -1.67. The molecule has 0 spiro atoms. The Bertz CT molecular complexity index is 1170. The van der Waals surface area contributed by atoms with Gasteiger partial charge < -0.3 is 15.0 Å². The highest BCUT2D eigenvalue weighted by atomic mass is 19.4. The summed E-state index contributed by atoms with van der Waals surface area (Å²) in [5, 5.41) is 2.31. The number of carbonyl (C=O) groups is 3. The van der Waals surface area contributed by atoms with Gasteiger partial charge in [-0.3, -0.25) is 14.5 Å². The lowest BCUT2D eigenvalue weighted by Gasteiger charge is -2.23. The normalized spacial score (nSPS) is 20.1. The standard InChI is InChI=1S/C27H29F3N4O4/c28-27(29,30)22-8-4-7-21(13-22)25(36)32-15-24(35)31-14-20-9-11-33(16-20)23-10-12-34(17-23)26(37)38-18-19-5-2-1-3-6-19/h1-8,13-14,20,23H,9-12,15-18H2,(H,32,36). The number of ether oxygens (including phenoxy) is 1. The number of hydrogen-bond acceptors (Lipinski definition) is 5. The quantitative estimate of drug-likeness (QED) is 0.551. The molecule has 11 heteroatoms. The molecule has 2 saturated heterocycles. The summed E-state index contributed by atoms with van der Waals surface area (Å²) in [6.45, 7) is 2.54. The first-order chi connectivity index (χ1) is 18.2. The van der Waals surface area contributed by atoms with Crippen LogP contribution in [0.25, 0.3) is 0 Å². The van der Waals surface area contributed by atoms with Crippen molar-refractivity contribution in [3.8, 4) is 0 Å². The van der Waals surface area contributed by atoms with Gasteiger partial charge in [0.1, 0.15) is 6.61 Å². The molecule has 2 aromatic carbocycles. The Hall–Kier alpha value is -3.73. The summed E-state index contributed by atoms with van der Waals surface area (Å²) >= 11 is 0. The fourth-order valence-corrected chi connectivity index (χ4v) is 4.61. The molecule has 4 rings (SSSR count). The maximum absolute atomic E-state index is 12.8. The molecule has 0 aromatic heterocycles. The van der Waals surface area contributed by atoms with Crippen molar-refractivity contribution in [2.45, 2.75) is 31.7 Å². The summed E-state index contributed by atoms with van der Waals surface area (Å²) in [5.41, 5.74) is -0.185. The number of aliphatic imine (C=N–C) groups is 1. The summed E-state index contributed by atoms with van der Waals surface area (Å²) in [5.74, 6) is -1.31. The number of alkyl halides is 3. The van der Waals surface area contributed by atoms with Crippen molar-refractivity contribution in [1.82, 2.24) is 15.1 Å². The largest absolute Gasteiger partial charge is 0.445 e. The smallest absolute Gasteiger partial charge is 0.416 e. The molecule has 0 bridgehead atoms. The van der Waals surface area contributed by atoms with Gasteiger partial charge in [-0.15, -0.1) is 0 Å². The van der Waals surface area contributed by atoms with Gasteiger partial charge in [-0.05, 0) is 43.1 Å². The first-order valence-corrected chi connectivity index (χ1v) is 12.4. The van der Waals surface area contributed by atoms with Crippen LogP contribution >= 0.6 is 0 Å². The van der Waals surface area contributed by atoms with E-state index in [-0.39, 0.29) is 30.2 Å². The Kier molecular flexibility index (Phi) is 8.77. The lowest BCUT2D eigenvalue weighted by atomic mass is 10.1. The number of likely N-dealkylation sites (tertiary alicyclic amines) is 2. The number of nitrogens with one attached hydrogen (secondary N) is 1. The van der Waals surface area contributed by atoms with E-state index >= 15 is 0 Å². The lowest BCUT2D eigenvalue weighted by molar-refractivity contribution is -0.137. The summed E-state index contributed by atoms with van der Waals surface area (Å²) in [7, 11) is 0. The minimum atomic E-state index is -4.56. The monoisotopic (exact) mass is 530 g/mol. The number of benzene rings is 2. The molecule has 0 saturated carbocycles. The Labute approximate surface area is 218 Å². The Morgan fingerprint density at radius 3 is 2.58 bits per heavy atom. The van der Waals surface area contributed by atoms with Crippen molar-refractivity contribution in [2.24, 2.45) is 10.9 Å². The van der Waals surface area contributed by atoms with Crippen molar-refractivity contribution >= 4 is 24.1 Å². The predicted octanol–water partition coefficient (Wildman–Crippen LogP) is 3.77. The van der Waals surface area contributed by atoms with Crippen molar-refractivity contribution in [3.63, 3.8) is 0 Å². The molecule has 2 unspecified atom stereocenters. The SMILES string of the molecule is O=C(CNC(=O)c1cccc(C(F)(F)F)c1)N=CC1CCN(C2CCN(C(=O)OCc3ccccc3)C2)C1. The third-order valence-corrected chi connectivity index (χ3v) is 6.68. The molecule has 202 valence electrons. The molecule has 38 heavy (non-hydrogen) atoms. The summed E-state index contributed by atoms with van der Waals surface area (Å²) in [6, 6.07) is 13.7. The van der Waals surface area contributed by atoms with Crippen molar-refractivity contribution in [2.75, 3.05) is 32.7 Å². The summed E-state index contributed by atoms with van der Waals surface area (Å²) in [4.78, 5) is 44.6. The maximum atomic E-state index is 12.8. The fourth-order valence-electron chi connectivity index (χ4n) is 4.61. The van der Waals surface area contributed by atoms with Crippen LogP contribution in [-0.4, -0.2) is 72.7 Å². The molecule has 2 heterocycles. The number of nitrogens with zero attached hydrogens (tertiary/aromatic N) is 3. The second-order valence-corrected chi connectivity index (χ2v) is 9.41. The van der Waals surface area contributed by atoms with Gasteiger partial charge in [0.15, 0.2) is 0 Å². The molecule has 2 atom stereocenters. The van der Waals surface area contributed by atoms with E-state index in [1.807, 2.05) is 30.3 Å². The van der Waals surface area contributed by atoms with E-state index in [1.54, 1.807) is 11.1 Å². The molecule has 1 N–H and O–H groups in total. The van der Waals surface area contributed by atoms with E-state index in [1.165, 1.54) is 6.07 Å². The highest BCUT2D eigenvalue weighted by Gasteiger charge is 2.35. The van der Waals surface area contributed by atoms with E-state index < -0.39 is 30.1 Å². The van der Waals surface area contributed by atoms with Gasteiger partial charge in [-0.2, -0.15) is 13.2 Å². The van der Waals surface area contributed by atoms with Gasteiger partial charge in [0.2, 0.25) is 0 Å². The predicted molar refractivity (Wildman–Crippen MR) is 134 cm³/mol. The van der Waals surface area contributed by atoms with Crippen molar-refractivity contribution in [3.05, 3.63) is 71.3 Å². The average Bonchev–Trinajstić information content (AvgIpc) is 3.59. The van der Waals surface area contributed by atoms with Gasteiger partial charge in [-0.1, -0.05) is 36.4 Å². The number of carbonyl (C=O) groups excluding carboxylic acids is 3. The van der Waals surface area contributed by atoms with Gasteiger partial charge >= 0.3 is 12.3 Å². The number of halogens is 3. The molecule has 2 aliphatic heterocycles. The number of hydrogen-bond donors (Lipinski definition) is 1. The molecular formula is C27H29F3N4O4. The van der Waals surface area contributed by atoms with Crippen LogP contribution in [0.5, 0.6) is 0 Å². The zero-order valence-corrected chi connectivity index (χ0v) is 20.7. The molecule has 3 amide bonds. The molecule has 0 radical (unpaired) electrons. The molecule has 2 aromatic rings. The second-order valence-electron chi connectivity index (χ2n) is 9.41. The van der Waals surface area contributed by atoms with Crippen LogP contribution < -0.4 is 5.32 Å². The lowest BCUT2D eigenvalue weighted by Crippen LogP contribution is -2.37. The third kappa shape index (κ3) is 7.41. The number of rotatable bonds is 7. The minimum absolute atomic E-state index is 0.0530. The van der Waals surface area contributed by atoms with E-state index in [0.717, 1.165) is 43.1 Å². The van der Waals surface area contributed by atoms with Crippen LogP contribution in [0, 0.1) is 5.92 Å². The van der Waals surface area contributed by atoms with E-state index in [0.29, 0.717) is 19.6 Å². The zero-order chi connectivity index (χ0) is 27.1. The van der Waals surface area contributed by atoms with Crippen molar-refractivity contribution < 1.29 is 32.3 Å².